The number of carbonyl (C=O) groups excluding carboxylic acids is 1. The number of amides is 1. The fourth-order valence-corrected chi connectivity index (χ4v) is 6.93. The third-order valence-corrected chi connectivity index (χ3v) is 9.19. The predicted octanol–water partition coefficient (Wildman–Crippen LogP) is 2.31. The molecule has 5 heterocycles. The molecule has 1 aromatic heterocycles. The minimum atomic E-state index is -1.10. The van der Waals surface area contributed by atoms with Crippen molar-refractivity contribution in [1.82, 2.24) is 14.9 Å². The van der Waals surface area contributed by atoms with Gasteiger partial charge in [-0.3, -0.25) is 9.00 Å². The van der Waals surface area contributed by atoms with E-state index in [2.05, 4.69) is 27.2 Å². The Kier molecular flexibility index (Phi) is 6.74. The lowest BCUT2D eigenvalue weighted by atomic mass is 10.2. The highest BCUT2D eigenvalue weighted by molar-refractivity contribution is 7.85. The number of carbonyl (C=O) groups is 1. The summed E-state index contributed by atoms with van der Waals surface area (Å²) in [5.74, 6) is 2.03. The molecule has 0 spiro atoms. The van der Waals surface area contributed by atoms with Crippen LogP contribution in [0.5, 0.6) is 0 Å². The number of hydrogen-bond donors (Lipinski definition) is 1. The first-order valence-corrected chi connectivity index (χ1v) is 14.5. The Morgan fingerprint density at radius 2 is 1.83 bits per heavy atom. The number of aromatic nitrogens is 2. The average Bonchev–Trinajstić information content (AvgIpc) is 3.66. The molecule has 0 bridgehead atoms. The number of fused-ring (bicyclic) bond motifs is 1. The van der Waals surface area contributed by atoms with Gasteiger partial charge in [0, 0.05) is 74.8 Å². The maximum Gasteiger partial charge on any atom is 0.251 e. The highest BCUT2D eigenvalue weighted by Gasteiger charge is 2.35. The number of rotatable bonds is 5. The van der Waals surface area contributed by atoms with Crippen LogP contribution in [0, 0.1) is 0 Å². The van der Waals surface area contributed by atoms with E-state index in [1.54, 1.807) is 0 Å². The topological polar surface area (TPSA) is 90.9 Å². The van der Waals surface area contributed by atoms with Gasteiger partial charge < -0.3 is 24.8 Å². The number of likely N-dealkylation sites (tertiary alicyclic amines) is 1. The predicted molar refractivity (Wildman–Crippen MR) is 140 cm³/mol. The second kappa shape index (κ2) is 10.1. The molecule has 3 fully saturated rings. The van der Waals surface area contributed by atoms with Crippen LogP contribution < -0.4 is 15.1 Å². The Bertz CT molecular complexity index is 1150. The van der Waals surface area contributed by atoms with Gasteiger partial charge in [0.05, 0.1) is 16.5 Å². The van der Waals surface area contributed by atoms with Gasteiger partial charge in [-0.2, -0.15) is 4.98 Å². The van der Waals surface area contributed by atoms with Gasteiger partial charge in [0.1, 0.15) is 16.8 Å². The number of hydrogen-bond acceptors (Lipinski definition) is 8. The Morgan fingerprint density at radius 1 is 1.06 bits per heavy atom. The lowest BCUT2D eigenvalue weighted by molar-refractivity contribution is -0.139. The van der Waals surface area contributed by atoms with Gasteiger partial charge in [-0.25, -0.2) is 4.98 Å². The van der Waals surface area contributed by atoms with Gasteiger partial charge in [0.25, 0.3) is 5.91 Å². The summed E-state index contributed by atoms with van der Waals surface area (Å²) in [7, 11) is -1.10. The largest absolute Gasteiger partial charge is 0.368 e. The molecule has 3 saturated heterocycles. The highest BCUT2D eigenvalue weighted by Crippen LogP contribution is 2.32. The Morgan fingerprint density at radius 3 is 2.58 bits per heavy atom. The van der Waals surface area contributed by atoms with E-state index in [4.69, 9.17) is 26.3 Å². The molecule has 1 aromatic carbocycles. The van der Waals surface area contributed by atoms with Crippen molar-refractivity contribution in [2.45, 2.75) is 42.7 Å². The summed E-state index contributed by atoms with van der Waals surface area (Å²) < 4.78 is 18.4. The quantitative estimate of drug-likeness (QED) is 0.630. The molecule has 6 rings (SSSR count). The maximum absolute atomic E-state index is 12.8. The molecular weight excluding hydrogens is 500 g/mol. The van der Waals surface area contributed by atoms with E-state index in [0.29, 0.717) is 43.6 Å². The molecule has 3 atom stereocenters. The summed E-state index contributed by atoms with van der Waals surface area (Å²) in [4.78, 5) is 29.7. The summed E-state index contributed by atoms with van der Waals surface area (Å²) in [6.45, 7) is 5.31. The van der Waals surface area contributed by atoms with Crippen LogP contribution in [0.3, 0.4) is 0 Å². The van der Waals surface area contributed by atoms with Crippen LogP contribution in [0.2, 0.25) is 5.02 Å². The van der Waals surface area contributed by atoms with Crippen molar-refractivity contribution in [3.63, 3.8) is 0 Å². The lowest BCUT2D eigenvalue weighted by Gasteiger charge is -2.36. The van der Waals surface area contributed by atoms with Gasteiger partial charge in [-0.15, -0.1) is 0 Å². The number of ether oxygens (including phenoxy) is 1. The second-order valence-electron chi connectivity index (χ2n) is 9.81. The van der Waals surface area contributed by atoms with Crippen molar-refractivity contribution < 1.29 is 13.7 Å². The maximum atomic E-state index is 12.8. The first-order chi connectivity index (χ1) is 17.5. The van der Waals surface area contributed by atoms with Crippen molar-refractivity contribution in [1.29, 1.82) is 0 Å². The van der Waals surface area contributed by atoms with Gasteiger partial charge >= 0.3 is 0 Å². The molecule has 2 aromatic rings. The molecule has 0 saturated carbocycles. The molecule has 4 aliphatic heterocycles. The molecule has 1 unspecified atom stereocenters. The van der Waals surface area contributed by atoms with Crippen molar-refractivity contribution in [2.75, 3.05) is 66.7 Å². The Balaban J connectivity index is 1.15. The molecule has 0 radical (unpaired) electrons. The molecule has 9 nitrogen and oxygen atoms in total. The number of aryl methyl sites for hydroxylation is 1. The van der Waals surface area contributed by atoms with Gasteiger partial charge in [0.15, 0.2) is 0 Å². The van der Waals surface area contributed by atoms with Crippen molar-refractivity contribution in [2.24, 2.45) is 0 Å². The van der Waals surface area contributed by atoms with E-state index in [-0.39, 0.29) is 18.1 Å². The van der Waals surface area contributed by atoms with Crippen molar-refractivity contribution in [3.8, 4) is 0 Å². The van der Waals surface area contributed by atoms with E-state index in [9.17, 15) is 9.00 Å². The highest BCUT2D eigenvalue weighted by atomic mass is 35.5. The third-order valence-electron chi connectivity index (χ3n) is 7.48. The van der Waals surface area contributed by atoms with Crippen LogP contribution in [0.15, 0.2) is 29.2 Å². The summed E-state index contributed by atoms with van der Waals surface area (Å²) in [6, 6.07) is 8.01. The van der Waals surface area contributed by atoms with Crippen LogP contribution in [0.4, 0.5) is 17.5 Å². The van der Waals surface area contributed by atoms with Crippen molar-refractivity contribution in [3.05, 3.63) is 35.0 Å². The molecule has 1 amide bonds. The Hall–Kier alpha value is -2.43. The first kappa shape index (κ1) is 23.9. The van der Waals surface area contributed by atoms with E-state index >= 15 is 0 Å². The first-order valence-electron chi connectivity index (χ1n) is 12.8. The fraction of sp³-hybridized carbons (Fsp3) is 0.560. The third kappa shape index (κ3) is 4.78. The van der Waals surface area contributed by atoms with E-state index in [0.717, 1.165) is 66.7 Å². The molecule has 36 heavy (non-hydrogen) atoms. The smallest absolute Gasteiger partial charge is 0.251 e. The van der Waals surface area contributed by atoms with Gasteiger partial charge in [0.2, 0.25) is 5.95 Å². The van der Waals surface area contributed by atoms with Crippen molar-refractivity contribution >= 4 is 45.8 Å². The molecule has 11 heteroatoms. The number of anilines is 3. The van der Waals surface area contributed by atoms with Crippen LogP contribution in [-0.4, -0.2) is 88.8 Å². The van der Waals surface area contributed by atoms with E-state index in [1.807, 2.05) is 17.0 Å². The average molecular weight is 531 g/mol. The normalized spacial score (nSPS) is 25.9. The number of nitrogens with one attached hydrogen (secondary N) is 1. The SMILES string of the molecule is O=C([C@H]1CCCO1)N1CC[C@@H](Nc2nc(N3CCN(c4ccc(Cl)cc4)CC3)nc3c2S(=O)CC3)C1. The fourth-order valence-electron chi connectivity index (χ4n) is 5.49. The zero-order chi connectivity index (χ0) is 24.6. The lowest BCUT2D eigenvalue weighted by Crippen LogP contribution is -2.47. The molecule has 0 aliphatic carbocycles. The number of piperazine rings is 1. The Labute approximate surface area is 218 Å². The number of benzene rings is 1. The minimum absolute atomic E-state index is 0.0709. The van der Waals surface area contributed by atoms with E-state index < -0.39 is 10.8 Å². The molecular formula is C25H31ClN6O3S. The summed E-state index contributed by atoms with van der Waals surface area (Å²) in [6.07, 6.45) is 2.99. The standard InChI is InChI=1S/C25H31ClN6O3S/c26-17-3-5-19(6-4-17)30-10-12-31(13-11-30)25-28-20-8-15-36(34)22(20)23(29-25)27-18-7-9-32(16-18)24(33)21-2-1-14-35-21/h3-6,18,21H,1-2,7-16H2,(H,27,28,29)/t18-,21-,36?/m1/s1. The van der Waals surface area contributed by atoms with Gasteiger partial charge in [-0.05, 0) is 43.5 Å². The monoisotopic (exact) mass is 530 g/mol. The van der Waals surface area contributed by atoms with Crippen LogP contribution in [0.1, 0.15) is 25.0 Å². The number of halogens is 1. The van der Waals surface area contributed by atoms with Gasteiger partial charge in [-0.1, -0.05) is 11.6 Å². The summed E-state index contributed by atoms with van der Waals surface area (Å²) >= 11 is 6.04. The second-order valence-corrected chi connectivity index (χ2v) is 11.8. The molecule has 192 valence electrons. The summed E-state index contributed by atoms with van der Waals surface area (Å²) in [5, 5.41) is 4.28. The summed E-state index contributed by atoms with van der Waals surface area (Å²) in [5.41, 5.74) is 2.04. The van der Waals surface area contributed by atoms with Crippen LogP contribution in [-0.2, 0) is 26.8 Å². The molecule has 1 N–H and O–H groups in total. The van der Waals surface area contributed by atoms with Crippen LogP contribution in [0.25, 0.3) is 0 Å². The zero-order valence-electron chi connectivity index (χ0n) is 20.2. The van der Waals surface area contributed by atoms with E-state index in [1.165, 1.54) is 0 Å². The minimum Gasteiger partial charge on any atom is -0.368 e. The number of nitrogens with zero attached hydrogens (tertiary/aromatic N) is 5. The molecule has 4 aliphatic rings. The van der Waals surface area contributed by atoms with Crippen LogP contribution >= 0.6 is 11.6 Å². The zero-order valence-corrected chi connectivity index (χ0v) is 21.8.